The molecule has 4 rings (SSSR count). The number of aryl methyl sites for hydroxylation is 1. The number of likely N-dealkylation sites (N-methyl/N-ethyl adjacent to an activating group) is 1. The van der Waals surface area contributed by atoms with Gasteiger partial charge in [-0.3, -0.25) is 0 Å². The molecule has 0 radical (unpaired) electrons. The average Bonchev–Trinajstić information content (AvgIpc) is 3.15. The number of fused-ring (bicyclic) bond motifs is 1. The molecule has 2 N–H and O–H groups in total. The fourth-order valence-electron chi connectivity index (χ4n) is 4.14. The smallest absolute Gasteiger partial charge is 0.319 e. The number of benzene rings is 2. The number of nitrogens with zero attached hydrogens (tertiary/aromatic N) is 1. The lowest BCUT2D eigenvalue weighted by atomic mass is 9.84. The van der Waals surface area contributed by atoms with E-state index in [0.29, 0.717) is 13.2 Å². The summed E-state index contributed by atoms with van der Waals surface area (Å²) in [4.78, 5) is 14.6. The molecule has 0 spiro atoms. The van der Waals surface area contributed by atoms with Crippen LogP contribution in [0.5, 0.6) is 0 Å². The Morgan fingerprint density at radius 1 is 1.29 bits per heavy atom. The molecule has 0 saturated carbocycles. The van der Waals surface area contributed by atoms with Gasteiger partial charge in [0.15, 0.2) is 0 Å². The second-order valence-corrected chi connectivity index (χ2v) is 8.26. The zero-order valence-electron chi connectivity index (χ0n) is 16.3. The molecule has 2 atom stereocenters. The Kier molecular flexibility index (Phi) is 5.58. The van der Waals surface area contributed by atoms with Gasteiger partial charge < -0.3 is 20.3 Å². The number of halogens is 1. The molecule has 2 aromatic rings. The summed E-state index contributed by atoms with van der Waals surface area (Å²) in [6, 6.07) is 12.3. The van der Waals surface area contributed by atoms with Crippen LogP contribution >= 0.6 is 11.6 Å². The van der Waals surface area contributed by atoms with E-state index >= 15 is 0 Å². The fourth-order valence-corrected chi connectivity index (χ4v) is 4.48. The highest BCUT2D eigenvalue weighted by Gasteiger charge is 2.27. The van der Waals surface area contributed by atoms with Gasteiger partial charge >= 0.3 is 6.03 Å². The number of ether oxygens (including phenoxy) is 1. The van der Waals surface area contributed by atoms with E-state index in [1.165, 1.54) is 22.3 Å². The van der Waals surface area contributed by atoms with Crippen molar-refractivity contribution < 1.29 is 9.53 Å². The third-order valence-electron chi connectivity index (χ3n) is 5.48. The molecule has 148 valence electrons. The van der Waals surface area contributed by atoms with Crippen LogP contribution in [0.15, 0.2) is 36.4 Å². The molecule has 28 heavy (non-hydrogen) atoms. The van der Waals surface area contributed by atoms with Crippen molar-refractivity contribution in [2.24, 2.45) is 0 Å². The molecule has 2 aliphatic rings. The van der Waals surface area contributed by atoms with Gasteiger partial charge in [0.1, 0.15) is 0 Å². The van der Waals surface area contributed by atoms with Crippen molar-refractivity contribution in [3.63, 3.8) is 0 Å². The summed E-state index contributed by atoms with van der Waals surface area (Å²) in [5.41, 5.74) is 5.63. The maximum Gasteiger partial charge on any atom is 0.319 e. The Labute approximate surface area is 171 Å². The highest BCUT2D eigenvalue weighted by molar-refractivity contribution is 6.31. The molecular weight excluding hydrogens is 374 g/mol. The van der Waals surface area contributed by atoms with Gasteiger partial charge in [-0.25, -0.2) is 4.79 Å². The zero-order valence-corrected chi connectivity index (χ0v) is 17.1. The van der Waals surface area contributed by atoms with E-state index in [-0.39, 0.29) is 18.0 Å². The molecule has 6 heteroatoms. The summed E-state index contributed by atoms with van der Waals surface area (Å²) in [6.07, 6.45) is 0.860. The predicted molar refractivity (Wildman–Crippen MR) is 112 cm³/mol. The quantitative estimate of drug-likeness (QED) is 0.815. The molecule has 1 saturated heterocycles. The molecule has 2 amide bonds. The Balaban J connectivity index is 1.57. The summed E-state index contributed by atoms with van der Waals surface area (Å²) in [7, 11) is 2.12. The molecule has 0 aromatic heterocycles. The second kappa shape index (κ2) is 8.11. The van der Waals surface area contributed by atoms with Gasteiger partial charge in [0.05, 0.1) is 12.6 Å². The second-order valence-electron chi connectivity index (χ2n) is 7.85. The van der Waals surface area contributed by atoms with E-state index in [2.05, 4.69) is 47.7 Å². The number of anilines is 1. The van der Waals surface area contributed by atoms with Gasteiger partial charge in [-0.2, -0.15) is 0 Å². The van der Waals surface area contributed by atoms with Crippen LogP contribution in [0.3, 0.4) is 0 Å². The lowest BCUT2D eigenvalue weighted by Gasteiger charge is -2.33. The summed E-state index contributed by atoms with van der Waals surface area (Å²) < 4.78 is 5.31. The van der Waals surface area contributed by atoms with Crippen LogP contribution < -0.4 is 10.6 Å². The number of amides is 2. The van der Waals surface area contributed by atoms with Crippen molar-refractivity contribution in [3.05, 3.63) is 63.7 Å². The maximum absolute atomic E-state index is 12.3. The van der Waals surface area contributed by atoms with Crippen LogP contribution in [-0.2, 0) is 11.3 Å². The summed E-state index contributed by atoms with van der Waals surface area (Å²) >= 11 is 6.54. The van der Waals surface area contributed by atoms with E-state index in [0.717, 1.165) is 30.2 Å². The van der Waals surface area contributed by atoms with Crippen molar-refractivity contribution in [2.75, 3.05) is 32.1 Å². The number of urea groups is 1. The van der Waals surface area contributed by atoms with E-state index in [9.17, 15) is 4.79 Å². The Hall–Kier alpha value is -2.08. The highest BCUT2D eigenvalue weighted by Crippen LogP contribution is 2.37. The topological polar surface area (TPSA) is 53.6 Å². The van der Waals surface area contributed by atoms with E-state index < -0.39 is 0 Å². The molecule has 0 aliphatic carbocycles. The molecule has 2 unspecified atom stereocenters. The third kappa shape index (κ3) is 4.17. The molecular formula is C22H26ClN3O2. The van der Waals surface area contributed by atoms with Crippen molar-refractivity contribution in [2.45, 2.75) is 31.8 Å². The highest BCUT2D eigenvalue weighted by atomic mass is 35.5. The first-order chi connectivity index (χ1) is 13.5. The van der Waals surface area contributed by atoms with Gasteiger partial charge in [-0.05, 0) is 60.8 Å². The van der Waals surface area contributed by atoms with Gasteiger partial charge in [-0.15, -0.1) is 0 Å². The van der Waals surface area contributed by atoms with Gasteiger partial charge in [0.2, 0.25) is 0 Å². The van der Waals surface area contributed by atoms with Gasteiger partial charge in [0.25, 0.3) is 0 Å². The predicted octanol–water partition coefficient (Wildman–Crippen LogP) is 4.14. The lowest BCUT2D eigenvalue weighted by molar-refractivity contribution is 0.189. The molecule has 2 heterocycles. The zero-order chi connectivity index (χ0) is 19.7. The van der Waals surface area contributed by atoms with Gasteiger partial charge in [-0.1, -0.05) is 29.8 Å². The molecule has 2 aliphatic heterocycles. The molecule has 5 nitrogen and oxygen atoms in total. The van der Waals surface area contributed by atoms with Crippen molar-refractivity contribution >= 4 is 23.3 Å². The number of carbonyl (C=O) groups excluding carboxylic acids is 1. The first-order valence-corrected chi connectivity index (χ1v) is 10.1. The molecule has 2 aromatic carbocycles. The molecule has 0 bridgehead atoms. The largest absolute Gasteiger partial charge is 0.379 e. The normalized spacial score (nSPS) is 22.0. The summed E-state index contributed by atoms with van der Waals surface area (Å²) in [5, 5.41) is 6.76. The first-order valence-electron chi connectivity index (χ1n) is 9.72. The monoisotopic (exact) mass is 399 g/mol. The van der Waals surface area contributed by atoms with Crippen LogP contribution in [0, 0.1) is 6.92 Å². The minimum atomic E-state index is -0.187. The fraction of sp³-hybridized carbons (Fsp3) is 0.409. The van der Waals surface area contributed by atoms with Crippen LogP contribution in [0.2, 0.25) is 5.02 Å². The number of rotatable bonds is 3. The number of nitrogens with one attached hydrogen (secondary N) is 2. The number of hydrogen-bond acceptors (Lipinski definition) is 3. The Morgan fingerprint density at radius 3 is 2.93 bits per heavy atom. The van der Waals surface area contributed by atoms with E-state index in [4.69, 9.17) is 16.3 Å². The van der Waals surface area contributed by atoms with E-state index in [1.807, 2.05) is 18.2 Å². The van der Waals surface area contributed by atoms with Crippen LogP contribution in [0.4, 0.5) is 10.5 Å². The Morgan fingerprint density at radius 2 is 2.14 bits per heavy atom. The average molecular weight is 400 g/mol. The summed E-state index contributed by atoms with van der Waals surface area (Å²) in [6.45, 7) is 5.14. The van der Waals surface area contributed by atoms with Crippen molar-refractivity contribution in [1.29, 1.82) is 0 Å². The minimum Gasteiger partial charge on any atom is -0.379 e. The lowest BCUT2D eigenvalue weighted by Crippen LogP contribution is -2.38. The van der Waals surface area contributed by atoms with Gasteiger partial charge in [0, 0.05) is 36.3 Å². The van der Waals surface area contributed by atoms with E-state index in [1.54, 1.807) is 0 Å². The number of hydrogen-bond donors (Lipinski definition) is 2. The van der Waals surface area contributed by atoms with Crippen LogP contribution in [-0.4, -0.2) is 43.8 Å². The van der Waals surface area contributed by atoms with Crippen LogP contribution in [0.1, 0.15) is 34.6 Å². The maximum atomic E-state index is 12.3. The standard InChI is InChI=1S/C22H26ClN3O2/c1-14-8-18-19(11-26(2)12-20(18)21(23)9-14)15-4-3-5-16(10-15)24-22(27)25-17-6-7-28-13-17/h3-5,8-10,17,19H,6-7,11-13H2,1-2H3,(H2,24,25,27). The SMILES string of the molecule is Cc1cc(Cl)c2c(c1)C(c1cccc(NC(=O)NC3CCOC3)c1)CN(C)C2. The molecule has 1 fully saturated rings. The summed E-state index contributed by atoms with van der Waals surface area (Å²) in [5.74, 6) is 0.221. The minimum absolute atomic E-state index is 0.0900. The first kappa shape index (κ1) is 19.2. The third-order valence-corrected chi connectivity index (χ3v) is 5.82. The van der Waals surface area contributed by atoms with Crippen LogP contribution in [0.25, 0.3) is 0 Å². The van der Waals surface area contributed by atoms with Crippen molar-refractivity contribution in [3.8, 4) is 0 Å². The van der Waals surface area contributed by atoms with Crippen molar-refractivity contribution in [1.82, 2.24) is 10.2 Å². The number of carbonyl (C=O) groups is 1. The Bertz CT molecular complexity index is 880.